The van der Waals surface area contributed by atoms with Crippen LogP contribution < -0.4 is 5.43 Å². The fourth-order valence-corrected chi connectivity index (χ4v) is 2.44. The lowest BCUT2D eigenvalue weighted by atomic mass is 10.4. The number of hydrogen-bond donors (Lipinski definition) is 2. The molecule has 0 radical (unpaired) electrons. The molecule has 2 heterocycles. The minimum absolute atomic E-state index is 0.326. The first-order valence-electron chi connectivity index (χ1n) is 4.76. The molecule has 0 fully saturated rings. The molecule has 17 heavy (non-hydrogen) atoms. The third kappa shape index (κ3) is 3.24. The van der Waals surface area contributed by atoms with Gasteiger partial charge < -0.3 is 0 Å². The van der Waals surface area contributed by atoms with Gasteiger partial charge in [0.25, 0.3) is 5.91 Å². The van der Waals surface area contributed by atoms with Gasteiger partial charge in [-0.3, -0.25) is 9.89 Å². The molecule has 0 aliphatic heterocycles. The molecule has 0 unspecified atom stereocenters. The van der Waals surface area contributed by atoms with Gasteiger partial charge in [0, 0.05) is 10.6 Å². The minimum Gasteiger partial charge on any atom is -0.282 e. The quantitative estimate of drug-likeness (QED) is 0.674. The van der Waals surface area contributed by atoms with Crippen molar-refractivity contribution in [2.45, 2.75) is 6.92 Å². The van der Waals surface area contributed by atoms with Crippen LogP contribution in [0.4, 0.5) is 0 Å². The van der Waals surface area contributed by atoms with Crippen LogP contribution in [0.1, 0.15) is 21.1 Å². The summed E-state index contributed by atoms with van der Waals surface area (Å²) in [5, 5.41) is 10.4. The Bertz CT molecular complexity index is 560. The van der Waals surface area contributed by atoms with E-state index < -0.39 is 0 Å². The van der Waals surface area contributed by atoms with Crippen LogP contribution in [-0.2, 0) is 0 Å². The van der Waals surface area contributed by atoms with Crippen LogP contribution in [0.2, 0.25) is 0 Å². The second kappa shape index (κ2) is 5.24. The summed E-state index contributed by atoms with van der Waals surface area (Å²) in [5.41, 5.74) is 3.57. The van der Waals surface area contributed by atoms with Crippen molar-refractivity contribution < 1.29 is 4.79 Å². The van der Waals surface area contributed by atoms with Crippen LogP contribution in [0.25, 0.3) is 0 Å². The van der Waals surface area contributed by atoms with Crippen LogP contribution in [0.3, 0.4) is 0 Å². The number of thiophene rings is 1. The summed E-state index contributed by atoms with van der Waals surface area (Å²) in [6.45, 7) is 1.83. The molecule has 1 amide bonds. The van der Waals surface area contributed by atoms with Gasteiger partial charge in [-0.1, -0.05) is 0 Å². The van der Waals surface area contributed by atoms with Gasteiger partial charge in [0.05, 0.1) is 10.0 Å². The molecule has 2 aromatic heterocycles. The molecule has 5 nitrogen and oxygen atoms in total. The van der Waals surface area contributed by atoms with Gasteiger partial charge in [0.15, 0.2) is 5.69 Å². The topological polar surface area (TPSA) is 70.1 Å². The van der Waals surface area contributed by atoms with Crippen molar-refractivity contribution in [3.8, 4) is 0 Å². The van der Waals surface area contributed by atoms with Crippen molar-refractivity contribution in [2.24, 2.45) is 5.10 Å². The number of H-pyrrole nitrogens is 1. The maximum Gasteiger partial charge on any atom is 0.291 e. The largest absolute Gasteiger partial charge is 0.291 e. The average Bonchev–Trinajstić information content (AvgIpc) is 2.88. The number of aryl methyl sites for hydroxylation is 1. The monoisotopic (exact) mass is 312 g/mol. The van der Waals surface area contributed by atoms with Crippen molar-refractivity contribution in [1.82, 2.24) is 15.6 Å². The van der Waals surface area contributed by atoms with Crippen LogP contribution in [0.15, 0.2) is 27.1 Å². The van der Waals surface area contributed by atoms with Gasteiger partial charge in [0.2, 0.25) is 0 Å². The van der Waals surface area contributed by atoms with E-state index in [4.69, 9.17) is 0 Å². The molecule has 2 aromatic rings. The van der Waals surface area contributed by atoms with E-state index in [2.05, 4.69) is 36.7 Å². The zero-order valence-electron chi connectivity index (χ0n) is 8.90. The zero-order valence-corrected chi connectivity index (χ0v) is 11.3. The van der Waals surface area contributed by atoms with E-state index in [0.29, 0.717) is 5.69 Å². The third-order valence-corrected chi connectivity index (χ3v) is 3.45. The smallest absolute Gasteiger partial charge is 0.282 e. The molecular weight excluding hydrogens is 304 g/mol. The highest BCUT2D eigenvalue weighted by atomic mass is 79.9. The number of hydrazone groups is 1. The second-order valence-electron chi connectivity index (χ2n) is 3.28. The van der Waals surface area contributed by atoms with Gasteiger partial charge in [-0.2, -0.15) is 10.2 Å². The maximum atomic E-state index is 11.5. The number of nitrogens with one attached hydrogen (secondary N) is 2. The number of aromatic amines is 1. The molecule has 0 bridgehead atoms. The number of amides is 1. The molecule has 0 spiro atoms. The highest BCUT2D eigenvalue weighted by Gasteiger charge is 2.07. The van der Waals surface area contributed by atoms with E-state index in [1.807, 2.05) is 19.1 Å². The second-order valence-corrected chi connectivity index (χ2v) is 5.77. The van der Waals surface area contributed by atoms with Crippen molar-refractivity contribution in [3.63, 3.8) is 0 Å². The van der Waals surface area contributed by atoms with Crippen molar-refractivity contribution in [3.05, 3.63) is 38.3 Å². The lowest BCUT2D eigenvalue weighted by Gasteiger charge is -1.93. The summed E-state index contributed by atoms with van der Waals surface area (Å²) in [6.07, 6.45) is 1.59. The predicted molar refractivity (Wildman–Crippen MR) is 70.4 cm³/mol. The lowest BCUT2D eigenvalue weighted by molar-refractivity contribution is 0.0950. The van der Waals surface area contributed by atoms with E-state index in [0.717, 1.165) is 14.4 Å². The summed E-state index contributed by atoms with van der Waals surface area (Å²) < 4.78 is 1.02. The molecule has 0 atom stereocenters. The molecule has 2 N–H and O–H groups in total. The highest BCUT2D eigenvalue weighted by Crippen LogP contribution is 2.20. The zero-order chi connectivity index (χ0) is 12.3. The van der Waals surface area contributed by atoms with Crippen LogP contribution in [0.5, 0.6) is 0 Å². The van der Waals surface area contributed by atoms with Crippen molar-refractivity contribution >= 4 is 39.4 Å². The van der Waals surface area contributed by atoms with Gasteiger partial charge in [-0.25, -0.2) is 5.43 Å². The Morgan fingerprint density at radius 1 is 1.65 bits per heavy atom. The SMILES string of the molecule is Cc1cc(C(=O)N/N=C/c2ccc(Br)s2)n[nH]1. The van der Waals surface area contributed by atoms with Gasteiger partial charge in [0.1, 0.15) is 0 Å². The third-order valence-electron chi connectivity index (χ3n) is 1.89. The molecule has 2 rings (SSSR count). The van der Waals surface area contributed by atoms with Gasteiger partial charge in [-0.05, 0) is 41.1 Å². The van der Waals surface area contributed by atoms with E-state index in [-0.39, 0.29) is 5.91 Å². The summed E-state index contributed by atoms with van der Waals surface area (Å²) >= 11 is 4.88. The summed E-state index contributed by atoms with van der Waals surface area (Å²) in [5.74, 6) is -0.332. The number of aromatic nitrogens is 2. The van der Waals surface area contributed by atoms with Crippen molar-refractivity contribution in [1.29, 1.82) is 0 Å². The number of rotatable bonds is 3. The Kier molecular flexibility index (Phi) is 3.70. The van der Waals surface area contributed by atoms with Crippen LogP contribution >= 0.6 is 27.3 Å². The van der Waals surface area contributed by atoms with Gasteiger partial charge >= 0.3 is 0 Å². The number of carbonyl (C=O) groups is 1. The van der Waals surface area contributed by atoms with E-state index in [1.54, 1.807) is 12.3 Å². The van der Waals surface area contributed by atoms with Crippen LogP contribution in [-0.4, -0.2) is 22.3 Å². The van der Waals surface area contributed by atoms with Crippen LogP contribution in [0, 0.1) is 6.92 Å². The first-order valence-corrected chi connectivity index (χ1v) is 6.37. The molecule has 0 saturated heterocycles. The Balaban J connectivity index is 1.94. The Morgan fingerprint density at radius 2 is 2.47 bits per heavy atom. The minimum atomic E-state index is -0.332. The van der Waals surface area contributed by atoms with E-state index in [9.17, 15) is 4.79 Å². The molecule has 0 aromatic carbocycles. The lowest BCUT2D eigenvalue weighted by Crippen LogP contribution is -2.17. The highest BCUT2D eigenvalue weighted by molar-refractivity contribution is 9.11. The molecule has 0 aliphatic carbocycles. The fourth-order valence-electron chi connectivity index (χ4n) is 1.14. The number of nitrogens with zero attached hydrogens (tertiary/aromatic N) is 2. The standard InChI is InChI=1S/C10H9BrN4OS/c1-6-4-8(14-13-6)10(16)15-12-5-7-2-3-9(11)17-7/h2-5H,1H3,(H,13,14)(H,15,16)/b12-5+. The molecular formula is C10H9BrN4OS. The number of halogens is 1. The number of carbonyl (C=O) groups excluding carboxylic acids is 1. The number of hydrogen-bond acceptors (Lipinski definition) is 4. The Morgan fingerprint density at radius 3 is 3.06 bits per heavy atom. The fraction of sp³-hybridized carbons (Fsp3) is 0.100. The average molecular weight is 313 g/mol. The molecule has 7 heteroatoms. The first kappa shape index (κ1) is 12.0. The van der Waals surface area contributed by atoms with Crippen molar-refractivity contribution in [2.75, 3.05) is 0 Å². The normalized spacial score (nSPS) is 10.9. The molecule has 88 valence electrons. The predicted octanol–water partition coefficient (Wildman–Crippen LogP) is 2.31. The molecule has 0 aliphatic rings. The summed E-state index contributed by atoms with van der Waals surface area (Å²) in [6, 6.07) is 5.49. The Labute approximate surface area is 110 Å². The first-order chi connectivity index (χ1) is 8.15. The summed E-state index contributed by atoms with van der Waals surface area (Å²) in [4.78, 5) is 12.5. The summed E-state index contributed by atoms with van der Waals surface area (Å²) in [7, 11) is 0. The Hall–Kier alpha value is -1.47. The maximum absolute atomic E-state index is 11.5. The van der Waals surface area contributed by atoms with E-state index >= 15 is 0 Å². The van der Waals surface area contributed by atoms with E-state index in [1.165, 1.54) is 11.3 Å². The van der Waals surface area contributed by atoms with Gasteiger partial charge in [-0.15, -0.1) is 11.3 Å². The molecule has 0 saturated carbocycles.